The van der Waals surface area contributed by atoms with Crippen LogP contribution in [0.2, 0.25) is 0 Å². The fourth-order valence-corrected chi connectivity index (χ4v) is 2.96. The lowest BCUT2D eigenvalue weighted by Crippen LogP contribution is -2.42. The van der Waals surface area contributed by atoms with Crippen molar-refractivity contribution >= 4 is 5.91 Å². The Morgan fingerprint density at radius 1 is 1.38 bits per heavy atom. The van der Waals surface area contributed by atoms with Gasteiger partial charge >= 0.3 is 0 Å². The number of carbonyl (C=O) groups is 1. The highest BCUT2D eigenvalue weighted by Gasteiger charge is 2.26. The molecule has 0 radical (unpaired) electrons. The van der Waals surface area contributed by atoms with Crippen LogP contribution in [0.25, 0.3) is 0 Å². The fourth-order valence-electron chi connectivity index (χ4n) is 2.96. The van der Waals surface area contributed by atoms with Gasteiger partial charge in [0.05, 0.1) is 24.5 Å². The molecule has 1 aliphatic heterocycles. The quantitative estimate of drug-likeness (QED) is 0.852. The summed E-state index contributed by atoms with van der Waals surface area (Å²) in [6.45, 7) is 7.28. The number of amides is 1. The third-order valence-corrected chi connectivity index (χ3v) is 4.32. The van der Waals surface area contributed by atoms with E-state index >= 15 is 0 Å². The van der Waals surface area contributed by atoms with Crippen molar-refractivity contribution in [1.29, 1.82) is 0 Å². The van der Waals surface area contributed by atoms with Gasteiger partial charge in [-0.15, -0.1) is 0 Å². The maximum atomic E-state index is 12.5. The molecule has 3 heterocycles. The fraction of sp³-hybridized carbons (Fsp3) is 0.529. The van der Waals surface area contributed by atoms with Crippen LogP contribution < -0.4 is 0 Å². The molecule has 0 unspecified atom stereocenters. The highest BCUT2D eigenvalue weighted by molar-refractivity contribution is 5.76. The number of aryl methyl sites for hydroxylation is 3. The van der Waals surface area contributed by atoms with Crippen LogP contribution in [0.15, 0.2) is 16.8 Å². The molecule has 7 nitrogen and oxygen atoms in total. The van der Waals surface area contributed by atoms with E-state index in [9.17, 15) is 4.79 Å². The molecule has 0 spiro atoms. The summed E-state index contributed by atoms with van der Waals surface area (Å²) in [6, 6.07) is 1.84. The summed E-state index contributed by atoms with van der Waals surface area (Å²) in [5, 5.41) is 3.93. The zero-order valence-electron chi connectivity index (χ0n) is 14.3. The molecule has 128 valence electrons. The summed E-state index contributed by atoms with van der Waals surface area (Å²) >= 11 is 0. The number of carbonyl (C=O) groups excluding carboxylic acids is 1. The van der Waals surface area contributed by atoms with E-state index in [-0.39, 0.29) is 12.0 Å². The minimum atomic E-state index is -0.191. The molecule has 0 N–H and O–H groups in total. The molecule has 24 heavy (non-hydrogen) atoms. The SMILES string of the molecule is Cc1nccc([C@H]2CN(C(=O)CCc3c(C)noc3C)CCO2)n1. The van der Waals surface area contributed by atoms with Crippen molar-refractivity contribution in [2.24, 2.45) is 0 Å². The first-order valence-electron chi connectivity index (χ1n) is 8.15. The minimum Gasteiger partial charge on any atom is -0.368 e. The van der Waals surface area contributed by atoms with Crippen molar-refractivity contribution < 1.29 is 14.1 Å². The first-order chi connectivity index (χ1) is 11.5. The molecule has 3 rings (SSSR count). The van der Waals surface area contributed by atoms with Gasteiger partial charge in [0.2, 0.25) is 5.91 Å². The van der Waals surface area contributed by atoms with Gasteiger partial charge in [-0.2, -0.15) is 0 Å². The van der Waals surface area contributed by atoms with Crippen LogP contribution in [0.4, 0.5) is 0 Å². The maximum absolute atomic E-state index is 12.5. The van der Waals surface area contributed by atoms with Crippen LogP contribution in [0.5, 0.6) is 0 Å². The molecule has 7 heteroatoms. The average molecular weight is 330 g/mol. The monoisotopic (exact) mass is 330 g/mol. The molecule has 0 bridgehead atoms. The van der Waals surface area contributed by atoms with Crippen LogP contribution in [0.1, 0.15) is 41.1 Å². The molecule has 1 atom stereocenters. The Hall–Kier alpha value is -2.28. The smallest absolute Gasteiger partial charge is 0.223 e. The predicted octanol–water partition coefficient (Wildman–Crippen LogP) is 1.92. The number of hydrogen-bond acceptors (Lipinski definition) is 6. The number of rotatable bonds is 4. The lowest BCUT2D eigenvalue weighted by molar-refractivity contribution is -0.139. The van der Waals surface area contributed by atoms with Gasteiger partial charge in [0.15, 0.2) is 0 Å². The summed E-state index contributed by atoms with van der Waals surface area (Å²) in [6.07, 6.45) is 2.62. The Morgan fingerprint density at radius 3 is 2.92 bits per heavy atom. The van der Waals surface area contributed by atoms with Gasteiger partial charge in [-0.3, -0.25) is 4.79 Å². The largest absolute Gasteiger partial charge is 0.368 e. The second-order valence-corrected chi connectivity index (χ2v) is 6.03. The van der Waals surface area contributed by atoms with Crippen LogP contribution in [0, 0.1) is 20.8 Å². The molecule has 0 aromatic carbocycles. The van der Waals surface area contributed by atoms with Crippen molar-refractivity contribution in [3.05, 3.63) is 40.8 Å². The lowest BCUT2D eigenvalue weighted by atomic mass is 10.1. The molecule has 0 aliphatic carbocycles. The highest BCUT2D eigenvalue weighted by atomic mass is 16.5. The van der Waals surface area contributed by atoms with Gasteiger partial charge in [-0.1, -0.05) is 5.16 Å². The van der Waals surface area contributed by atoms with Crippen LogP contribution in [-0.2, 0) is 16.0 Å². The molecule has 0 saturated carbocycles. The Balaban J connectivity index is 1.61. The summed E-state index contributed by atoms with van der Waals surface area (Å²) in [5.41, 5.74) is 2.71. The Kier molecular flexibility index (Phi) is 4.89. The van der Waals surface area contributed by atoms with Gasteiger partial charge in [0, 0.05) is 24.7 Å². The number of morpholine rings is 1. The van der Waals surface area contributed by atoms with Gasteiger partial charge < -0.3 is 14.2 Å². The van der Waals surface area contributed by atoms with E-state index in [2.05, 4.69) is 15.1 Å². The van der Waals surface area contributed by atoms with E-state index in [4.69, 9.17) is 9.26 Å². The van der Waals surface area contributed by atoms with Crippen molar-refractivity contribution in [2.45, 2.75) is 39.7 Å². The zero-order chi connectivity index (χ0) is 17.1. The van der Waals surface area contributed by atoms with Gasteiger partial charge in [-0.05, 0) is 33.3 Å². The molecule has 1 aliphatic rings. The van der Waals surface area contributed by atoms with Gasteiger partial charge in [-0.25, -0.2) is 9.97 Å². The van der Waals surface area contributed by atoms with Gasteiger partial charge in [0.25, 0.3) is 0 Å². The van der Waals surface area contributed by atoms with Crippen molar-refractivity contribution in [3.8, 4) is 0 Å². The first-order valence-corrected chi connectivity index (χ1v) is 8.15. The lowest BCUT2D eigenvalue weighted by Gasteiger charge is -2.32. The third kappa shape index (κ3) is 3.62. The number of hydrogen-bond donors (Lipinski definition) is 0. The second-order valence-electron chi connectivity index (χ2n) is 6.03. The Labute approximate surface area is 141 Å². The molecule has 1 fully saturated rings. The average Bonchev–Trinajstić information content (AvgIpc) is 2.91. The molecular weight excluding hydrogens is 308 g/mol. The number of aromatic nitrogens is 3. The van der Waals surface area contributed by atoms with E-state index in [0.717, 1.165) is 22.7 Å². The summed E-state index contributed by atoms with van der Waals surface area (Å²) < 4.78 is 10.9. The van der Waals surface area contributed by atoms with Crippen LogP contribution in [-0.4, -0.2) is 45.6 Å². The van der Waals surface area contributed by atoms with Crippen molar-refractivity contribution in [1.82, 2.24) is 20.0 Å². The predicted molar refractivity (Wildman–Crippen MR) is 86.3 cm³/mol. The number of ether oxygens (including phenoxy) is 1. The van der Waals surface area contributed by atoms with Crippen molar-refractivity contribution in [2.75, 3.05) is 19.7 Å². The van der Waals surface area contributed by atoms with Crippen molar-refractivity contribution in [3.63, 3.8) is 0 Å². The molecule has 1 saturated heterocycles. The zero-order valence-corrected chi connectivity index (χ0v) is 14.3. The third-order valence-electron chi connectivity index (χ3n) is 4.32. The molecule has 2 aromatic heterocycles. The van der Waals surface area contributed by atoms with E-state index in [1.54, 1.807) is 6.20 Å². The van der Waals surface area contributed by atoms with E-state index in [1.807, 2.05) is 31.7 Å². The molecule has 2 aromatic rings. The standard InChI is InChI=1S/C17H22N4O3/c1-11-14(12(2)24-20-11)4-5-17(22)21-8-9-23-16(10-21)15-6-7-18-13(3)19-15/h6-7,16H,4-5,8-10H2,1-3H3/t16-/m1/s1. The van der Waals surface area contributed by atoms with E-state index in [1.165, 1.54) is 0 Å². The van der Waals surface area contributed by atoms with Gasteiger partial charge in [0.1, 0.15) is 17.7 Å². The summed E-state index contributed by atoms with van der Waals surface area (Å²) in [4.78, 5) is 22.9. The highest BCUT2D eigenvalue weighted by Crippen LogP contribution is 2.22. The van der Waals surface area contributed by atoms with Crippen LogP contribution >= 0.6 is 0 Å². The van der Waals surface area contributed by atoms with Crippen LogP contribution in [0.3, 0.4) is 0 Å². The normalized spacial score (nSPS) is 18.0. The topological polar surface area (TPSA) is 81.4 Å². The maximum Gasteiger partial charge on any atom is 0.223 e. The first kappa shape index (κ1) is 16.6. The van der Waals surface area contributed by atoms with E-state index in [0.29, 0.717) is 38.4 Å². The Morgan fingerprint density at radius 2 is 2.21 bits per heavy atom. The minimum absolute atomic E-state index is 0.120. The second kappa shape index (κ2) is 7.09. The summed E-state index contributed by atoms with van der Waals surface area (Å²) in [7, 11) is 0. The Bertz CT molecular complexity index is 709. The molecular formula is C17H22N4O3. The summed E-state index contributed by atoms with van der Waals surface area (Å²) in [5.74, 6) is 1.61. The number of nitrogens with zero attached hydrogens (tertiary/aromatic N) is 4. The van der Waals surface area contributed by atoms with E-state index < -0.39 is 0 Å². The molecule has 1 amide bonds.